The lowest BCUT2D eigenvalue weighted by molar-refractivity contribution is -0.140. The minimum atomic E-state index is -4.17. The number of alkyl halides is 3. The Labute approximate surface area is 121 Å². The van der Waals surface area contributed by atoms with E-state index in [0.717, 1.165) is 18.4 Å². The summed E-state index contributed by atoms with van der Waals surface area (Å²) in [6.07, 6.45) is -3.86. The maximum Gasteiger partial charge on any atom is 0.389 e. The van der Waals surface area contributed by atoms with Gasteiger partial charge in [0.1, 0.15) is 11.7 Å². The average molecular weight is 298 g/mol. The molecule has 1 spiro atoms. The third-order valence-electron chi connectivity index (χ3n) is 4.12. The molecule has 3 nitrogen and oxygen atoms in total. The van der Waals surface area contributed by atoms with Crippen LogP contribution in [-0.4, -0.2) is 29.1 Å². The fraction of sp³-hybridized carbons (Fsp3) is 0.533. The minimum absolute atomic E-state index is 0.0569. The van der Waals surface area contributed by atoms with Crippen LogP contribution >= 0.6 is 0 Å². The van der Waals surface area contributed by atoms with E-state index < -0.39 is 18.1 Å². The molecular formula is C15H17F3N2O. The molecule has 1 amide bonds. The largest absolute Gasteiger partial charge is 0.389 e. The summed E-state index contributed by atoms with van der Waals surface area (Å²) in [4.78, 5) is 14.0. The number of hydrogen-bond acceptors (Lipinski definition) is 2. The molecule has 1 atom stereocenters. The van der Waals surface area contributed by atoms with E-state index in [1.54, 1.807) is 4.90 Å². The number of benzene rings is 1. The van der Waals surface area contributed by atoms with Crippen LogP contribution in [0.5, 0.6) is 0 Å². The summed E-state index contributed by atoms with van der Waals surface area (Å²) < 4.78 is 36.9. The predicted octanol–water partition coefficient (Wildman–Crippen LogP) is 2.99. The van der Waals surface area contributed by atoms with Crippen molar-refractivity contribution < 1.29 is 18.0 Å². The highest BCUT2D eigenvalue weighted by molar-refractivity contribution is 5.92. The van der Waals surface area contributed by atoms with Crippen molar-refractivity contribution >= 4 is 5.91 Å². The Hall–Kier alpha value is -1.56. The summed E-state index contributed by atoms with van der Waals surface area (Å²) >= 11 is 0. The Balaban J connectivity index is 1.73. The van der Waals surface area contributed by atoms with E-state index >= 15 is 0 Å². The maximum absolute atomic E-state index is 12.4. The van der Waals surface area contributed by atoms with Gasteiger partial charge < -0.3 is 4.90 Å². The van der Waals surface area contributed by atoms with Crippen LogP contribution in [0.15, 0.2) is 30.3 Å². The van der Waals surface area contributed by atoms with Gasteiger partial charge in [0.05, 0.1) is 0 Å². The van der Waals surface area contributed by atoms with E-state index in [-0.39, 0.29) is 25.0 Å². The SMILES string of the molecule is O=C1N(CCCC(F)(F)F)C(c2ccccc2)NC12CC2. The van der Waals surface area contributed by atoms with Gasteiger partial charge in [-0.25, -0.2) is 0 Å². The quantitative estimate of drug-likeness (QED) is 0.927. The lowest BCUT2D eigenvalue weighted by Gasteiger charge is -2.24. The fourth-order valence-corrected chi connectivity index (χ4v) is 2.86. The molecule has 114 valence electrons. The van der Waals surface area contributed by atoms with Gasteiger partial charge in [0, 0.05) is 13.0 Å². The molecule has 3 rings (SSSR count). The topological polar surface area (TPSA) is 32.3 Å². The second kappa shape index (κ2) is 5.02. The zero-order valence-corrected chi connectivity index (χ0v) is 11.5. The number of nitrogens with one attached hydrogen (secondary N) is 1. The third-order valence-corrected chi connectivity index (χ3v) is 4.12. The number of nitrogens with zero attached hydrogens (tertiary/aromatic N) is 1. The molecule has 21 heavy (non-hydrogen) atoms. The maximum atomic E-state index is 12.4. The van der Waals surface area contributed by atoms with Gasteiger partial charge in [0.15, 0.2) is 0 Å². The van der Waals surface area contributed by atoms with E-state index in [2.05, 4.69) is 5.32 Å². The Kier molecular flexibility index (Phi) is 3.43. The zero-order valence-electron chi connectivity index (χ0n) is 11.5. The molecule has 1 saturated carbocycles. The van der Waals surface area contributed by atoms with Crippen LogP contribution in [0.25, 0.3) is 0 Å². The third kappa shape index (κ3) is 2.90. The number of carbonyl (C=O) groups excluding carboxylic acids is 1. The minimum Gasteiger partial charge on any atom is -0.321 e. The van der Waals surface area contributed by atoms with E-state index in [1.807, 2.05) is 30.3 Å². The summed E-state index contributed by atoms with van der Waals surface area (Å²) in [7, 11) is 0. The van der Waals surface area contributed by atoms with Gasteiger partial charge in [-0.15, -0.1) is 0 Å². The van der Waals surface area contributed by atoms with Crippen molar-refractivity contribution in [2.45, 2.75) is 43.6 Å². The molecule has 0 aromatic heterocycles. The molecule has 1 N–H and O–H groups in total. The van der Waals surface area contributed by atoms with E-state index in [1.165, 1.54) is 0 Å². The smallest absolute Gasteiger partial charge is 0.321 e. The first-order valence-electron chi connectivity index (χ1n) is 7.12. The van der Waals surface area contributed by atoms with Crippen molar-refractivity contribution in [1.29, 1.82) is 0 Å². The number of hydrogen-bond donors (Lipinski definition) is 1. The second-order valence-electron chi connectivity index (χ2n) is 5.76. The van der Waals surface area contributed by atoms with Crippen LogP contribution in [0, 0.1) is 0 Å². The number of rotatable bonds is 4. The highest BCUT2D eigenvalue weighted by atomic mass is 19.4. The molecule has 0 bridgehead atoms. The summed E-state index contributed by atoms with van der Waals surface area (Å²) in [6.45, 7) is 0.132. The molecule has 0 radical (unpaired) electrons. The first-order valence-corrected chi connectivity index (χ1v) is 7.12. The van der Waals surface area contributed by atoms with Crippen LogP contribution in [0.1, 0.15) is 37.4 Å². The molecule has 1 saturated heterocycles. The van der Waals surface area contributed by atoms with Gasteiger partial charge in [-0.2, -0.15) is 13.2 Å². The monoisotopic (exact) mass is 298 g/mol. The zero-order chi connectivity index (χ0) is 15.1. The molecule has 6 heteroatoms. The Morgan fingerprint density at radius 2 is 1.90 bits per heavy atom. The van der Waals surface area contributed by atoms with Crippen molar-refractivity contribution in [3.8, 4) is 0 Å². The molecule has 1 heterocycles. The first kappa shape index (κ1) is 14.4. The fourth-order valence-electron chi connectivity index (χ4n) is 2.86. The summed E-state index contributed by atoms with van der Waals surface area (Å²) in [5.41, 5.74) is 0.403. The van der Waals surface area contributed by atoms with Crippen molar-refractivity contribution in [1.82, 2.24) is 10.2 Å². The van der Waals surface area contributed by atoms with Crippen molar-refractivity contribution in [3.63, 3.8) is 0 Å². The van der Waals surface area contributed by atoms with Crippen LogP contribution in [0.4, 0.5) is 13.2 Å². The number of halogens is 3. The molecule has 2 fully saturated rings. The predicted molar refractivity (Wildman–Crippen MR) is 71.3 cm³/mol. The Morgan fingerprint density at radius 3 is 2.48 bits per heavy atom. The highest BCUT2D eigenvalue weighted by Gasteiger charge is 2.59. The van der Waals surface area contributed by atoms with Gasteiger partial charge in [0.25, 0.3) is 0 Å². The molecule has 1 aliphatic heterocycles. The summed E-state index contributed by atoms with van der Waals surface area (Å²) in [5, 5.41) is 3.30. The molecule has 1 aromatic carbocycles. The lowest BCUT2D eigenvalue weighted by atomic mass is 10.1. The van der Waals surface area contributed by atoms with E-state index in [4.69, 9.17) is 0 Å². The Morgan fingerprint density at radius 1 is 1.24 bits per heavy atom. The van der Waals surface area contributed by atoms with Gasteiger partial charge in [-0.1, -0.05) is 30.3 Å². The molecule has 1 aliphatic carbocycles. The van der Waals surface area contributed by atoms with Crippen LogP contribution in [0.2, 0.25) is 0 Å². The van der Waals surface area contributed by atoms with Gasteiger partial charge in [0.2, 0.25) is 5.91 Å². The molecular weight excluding hydrogens is 281 g/mol. The summed E-state index contributed by atoms with van der Waals surface area (Å²) in [5.74, 6) is -0.0569. The number of carbonyl (C=O) groups is 1. The molecule has 1 unspecified atom stereocenters. The van der Waals surface area contributed by atoms with Gasteiger partial charge in [-0.3, -0.25) is 10.1 Å². The van der Waals surface area contributed by atoms with Crippen molar-refractivity contribution in [2.75, 3.05) is 6.54 Å². The molecule has 1 aromatic rings. The highest BCUT2D eigenvalue weighted by Crippen LogP contribution is 2.46. The van der Waals surface area contributed by atoms with Crippen LogP contribution in [0.3, 0.4) is 0 Å². The van der Waals surface area contributed by atoms with Crippen LogP contribution < -0.4 is 5.32 Å². The van der Waals surface area contributed by atoms with E-state index in [0.29, 0.717) is 0 Å². The average Bonchev–Trinajstić information content (AvgIpc) is 3.16. The first-order chi connectivity index (χ1) is 9.91. The normalized spacial score (nSPS) is 23.9. The standard InChI is InChI=1S/C15H17F3N2O/c16-15(17,18)7-4-10-20-12(11-5-2-1-3-6-11)19-14(8-9-14)13(20)21/h1-3,5-6,12,19H,4,7-10H2. The van der Waals surface area contributed by atoms with Crippen molar-refractivity contribution in [2.24, 2.45) is 0 Å². The van der Waals surface area contributed by atoms with Gasteiger partial charge in [-0.05, 0) is 24.8 Å². The Bertz CT molecular complexity index is 525. The molecule has 2 aliphatic rings. The summed E-state index contributed by atoms with van der Waals surface area (Å²) in [6, 6.07) is 9.40. The van der Waals surface area contributed by atoms with Crippen molar-refractivity contribution in [3.05, 3.63) is 35.9 Å². The van der Waals surface area contributed by atoms with Crippen LogP contribution in [-0.2, 0) is 4.79 Å². The van der Waals surface area contributed by atoms with Gasteiger partial charge >= 0.3 is 6.18 Å². The number of amides is 1. The second-order valence-corrected chi connectivity index (χ2v) is 5.76. The van der Waals surface area contributed by atoms with E-state index in [9.17, 15) is 18.0 Å². The lowest BCUT2D eigenvalue weighted by Crippen LogP contribution is -2.33.